The smallest absolute Gasteiger partial charge is 0.258 e. The Morgan fingerprint density at radius 1 is 1.36 bits per heavy atom. The molecule has 0 aliphatic heterocycles. The third kappa shape index (κ3) is 2.41. The van der Waals surface area contributed by atoms with E-state index in [1.54, 1.807) is 0 Å². The molecule has 2 fully saturated rings. The van der Waals surface area contributed by atoms with Gasteiger partial charge in [0.15, 0.2) is 6.61 Å². The highest BCUT2D eigenvalue weighted by atomic mass is 16.5. The van der Waals surface area contributed by atoms with E-state index in [0.717, 1.165) is 23.7 Å². The molecule has 2 aliphatic carbocycles. The first-order valence-corrected chi connectivity index (χ1v) is 8.32. The van der Waals surface area contributed by atoms with Gasteiger partial charge >= 0.3 is 0 Å². The first-order valence-electron chi connectivity index (χ1n) is 8.32. The second-order valence-corrected chi connectivity index (χ2v) is 7.84. The Kier molecular flexibility index (Phi) is 3.70. The normalized spacial score (nSPS) is 32.0. The predicted molar refractivity (Wildman–Crippen MR) is 87.8 cm³/mol. The molecule has 2 aliphatic rings. The molecule has 1 N–H and O–H groups in total. The van der Waals surface area contributed by atoms with E-state index in [0.29, 0.717) is 5.41 Å². The number of benzene rings is 1. The van der Waals surface area contributed by atoms with Crippen LogP contribution in [0.4, 0.5) is 0 Å². The van der Waals surface area contributed by atoms with Crippen molar-refractivity contribution in [2.45, 2.75) is 53.0 Å². The van der Waals surface area contributed by atoms with Gasteiger partial charge in [0.2, 0.25) is 0 Å². The number of nitrogens with one attached hydrogen (secondary N) is 1. The molecule has 0 unspecified atom stereocenters. The molecule has 3 rings (SSSR count). The summed E-state index contributed by atoms with van der Waals surface area (Å²) in [7, 11) is 0. The summed E-state index contributed by atoms with van der Waals surface area (Å²) in [6.07, 6.45) is 3.63. The van der Waals surface area contributed by atoms with Gasteiger partial charge in [-0.1, -0.05) is 32.9 Å². The van der Waals surface area contributed by atoms with Crippen LogP contribution < -0.4 is 10.1 Å². The summed E-state index contributed by atoms with van der Waals surface area (Å²) in [5, 5.41) is 3.23. The van der Waals surface area contributed by atoms with Crippen LogP contribution in [-0.4, -0.2) is 18.6 Å². The first kappa shape index (κ1) is 15.4. The van der Waals surface area contributed by atoms with Crippen LogP contribution in [0.5, 0.6) is 5.75 Å². The van der Waals surface area contributed by atoms with Gasteiger partial charge in [0.05, 0.1) is 0 Å². The topological polar surface area (TPSA) is 38.3 Å². The van der Waals surface area contributed by atoms with Crippen LogP contribution in [0, 0.1) is 23.7 Å². The van der Waals surface area contributed by atoms with Crippen molar-refractivity contribution in [1.29, 1.82) is 0 Å². The van der Waals surface area contributed by atoms with Gasteiger partial charge in [-0.3, -0.25) is 4.79 Å². The SMILES string of the molecule is Cc1cccc(OCC(=O)N[C@@H]2C[C@H]3CC[C@@]2(C)C3(C)C)c1. The Hall–Kier alpha value is -1.51. The van der Waals surface area contributed by atoms with E-state index >= 15 is 0 Å². The number of amides is 1. The van der Waals surface area contributed by atoms with E-state index in [1.165, 1.54) is 12.8 Å². The Bertz CT molecular complexity index is 581. The second-order valence-electron chi connectivity index (χ2n) is 7.84. The van der Waals surface area contributed by atoms with E-state index in [1.807, 2.05) is 31.2 Å². The lowest BCUT2D eigenvalue weighted by atomic mass is 9.69. The Morgan fingerprint density at radius 2 is 2.14 bits per heavy atom. The lowest BCUT2D eigenvalue weighted by Crippen LogP contribution is -2.48. The van der Waals surface area contributed by atoms with Crippen molar-refractivity contribution < 1.29 is 9.53 Å². The van der Waals surface area contributed by atoms with Gasteiger partial charge < -0.3 is 10.1 Å². The highest BCUT2D eigenvalue weighted by Gasteiger charge is 2.61. The predicted octanol–water partition coefficient (Wildman–Crippen LogP) is 3.70. The molecule has 3 nitrogen and oxygen atoms in total. The standard InChI is InChI=1S/C19H27NO2/c1-13-6-5-7-15(10-13)22-12-17(21)20-16-11-14-8-9-19(16,4)18(14,2)3/h5-7,10,14,16H,8-9,11-12H2,1-4H3,(H,20,21)/t14-,16-,19-/m1/s1. The molecule has 1 aromatic carbocycles. The van der Waals surface area contributed by atoms with Crippen LogP contribution in [0.3, 0.4) is 0 Å². The molecule has 3 heteroatoms. The van der Waals surface area contributed by atoms with Crippen molar-refractivity contribution in [2.24, 2.45) is 16.7 Å². The highest BCUT2D eigenvalue weighted by Crippen LogP contribution is 2.65. The minimum atomic E-state index is -0.00363. The second kappa shape index (κ2) is 5.29. The van der Waals surface area contributed by atoms with E-state index in [-0.39, 0.29) is 24.0 Å². The number of aryl methyl sites for hydroxylation is 1. The molecule has 0 radical (unpaired) electrons. The highest BCUT2D eigenvalue weighted by molar-refractivity contribution is 5.78. The maximum atomic E-state index is 12.3. The van der Waals surface area contributed by atoms with E-state index in [9.17, 15) is 4.79 Å². The summed E-state index contributed by atoms with van der Waals surface area (Å²) >= 11 is 0. The van der Waals surface area contributed by atoms with Gasteiger partial charge in [-0.2, -0.15) is 0 Å². The van der Waals surface area contributed by atoms with Crippen LogP contribution in [0.1, 0.15) is 45.6 Å². The van der Waals surface area contributed by atoms with Gasteiger partial charge in [0, 0.05) is 6.04 Å². The summed E-state index contributed by atoms with van der Waals surface area (Å²) in [6.45, 7) is 9.18. The molecule has 3 atom stereocenters. The fraction of sp³-hybridized carbons (Fsp3) is 0.632. The molecule has 120 valence electrons. The van der Waals surface area contributed by atoms with Crippen molar-refractivity contribution in [3.8, 4) is 5.75 Å². The Labute approximate surface area is 133 Å². The summed E-state index contributed by atoms with van der Waals surface area (Å²) in [6, 6.07) is 8.10. The zero-order chi connectivity index (χ0) is 16.0. The lowest BCUT2D eigenvalue weighted by molar-refractivity contribution is -0.124. The molecule has 1 amide bonds. The Balaban J connectivity index is 1.57. The number of fused-ring (bicyclic) bond motifs is 2. The molecule has 0 heterocycles. The van der Waals surface area contributed by atoms with Crippen LogP contribution in [0.2, 0.25) is 0 Å². The minimum absolute atomic E-state index is 0.00363. The van der Waals surface area contributed by atoms with Crippen LogP contribution in [-0.2, 0) is 4.79 Å². The van der Waals surface area contributed by atoms with Crippen molar-refractivity contribution in [1.82, 2.24) is 5.32 Å². The van der Waals surface area contributed by atoms with Crippen LogP contribution >= 0.6 is 0 Å². The van der Waals surface area contributed by atoms with Gasteiger partial charge in [-0.05, 0) is 60.6 Å². The average Bonchev–Trinajstić information content (AvgIpc) is 2.78. The first-order chi connectivity index (χ1) is 10.3. The lowest BCUT2D eigenvalue weighted by Gasteiger charge is -2.39. The number of hydrogen-bond donors (Lipinski definition) is 1. The number of carbonyl (C=O) groups excluding carboxylic acids is 1. The summed E-state index contributed by atoms with van der Waals surface area (Å²) < 4.78 is 5.61. The van der Waals surface area contributed by atoms with Gasteiger partial charge in [-0.15, -0.1) is 0 Å². The monoisotopic (exact) mass is 301 g/mol. The van der Waals surface area contributed by atoms with Gasteiger partial charge in [0.1, 0.15) is 5.75 Å². The fourth-order valence-corrected chi connectivity index (χ4v) is 4.51. The molecule has 1 aromatic rings. The molecule has 22 heavy (non-hydrogen) atoms. The third-order valence-corrected chi connectivity index (χ3v) is 6.49. The summed E-state index contributed by atoms with van der Waals surface area (Å²) in [5.41, 5.74) is 1.68. The van der Waals surface area contributed by atoms with Crippen molar-refractivity contribution >= 4 is 5.91 Å². The number of carbonyl (C=O) groups is 1. The molecular weight excluding hydrogens is 274 g/mol. The van der Waals surface area contributed by atoms with E-state index in [2.05, 4.69) is 26.1 Å². The molecule has 0 aromatic heterocycles. The number of ether oxygens (including phenoxy) is 1. The number of rotatable bonds is 4. The van der Waals surface area contributed by atoms with Gasteiger partial charge in [-0.25, -0.2) is 0 Å². The fourth-order valence-electron chi connectivity index (χ4n) is 4.51. The summed E-state index contributed by atoms with van der Waals surface area (Å²) in [4.78, 5) is 12.3. The van der Waals surface area contributed by atoms with Crippen molar-refractivity contribution in [2.75, 3.05) is 6.61 Å². The van der Waals surface area contributed by atoms with Crippen molar-refractivity contribution in [3.05, 3.63) is 29.8 Å². The minimum Gasteiger partial charge on any atom is -0.484 e. The van der Waals surface area contributed by atoms with E-state index in [4.69, 9.17) is 4.74 Å². The van der Waals surface area contributed by atoms with Crippen molar-refractivity contribution in [3.63, 3.8) is 0 Å². The largest absolute Gasteiger partial charge is 0.484 e. The Morgan fingerprint density at radius 3 is 2.73 bits per heavy atom. The van der Waals surface area contributed by atoms with E-state index < -0.39 is 0 Å². The quantitative estimate of drug-likeness (QED) is 0.921. The zero-order valence-electron chi connectivity index (χ0n) is 14.1. The maximum absolute atomic E-state index is 12.3. The molecule has 2 bridgehead atoms. The zero-order valence-corrected chi connectivity index (χ0v) is 14.1. The summed E-state index contributed by atoms with van der Waals surface area (Å²) in [5.74, 6) is 1.49. The van der Waals surface area contributed by atoms with Crippen LogP contribution in [0.15, 0.2) is 24.3 Å². The molecule has 0 saturated heterocycles. The molecular formula is C19H27NO2. The number of hydrogen-bond acceptors (Lipinski definition) is 2. The molecule has 0 spiro atoms. The molecule has 2 saturated carbocycles. The van der Waals surface area contributed by atoms with Crippen LogP contribution in [0.25, 0.3) is 0 Å². The maximum Gasteiger partial charge on any atom is 0.258 e. The third-order valence-electron chi connectivity index (χ3n) is 6.49. The average molecular weight is 301 g/mol. The van der Waals surface area contributed by atoms with Gasteiger partial charge in [0.25, 0.3) is 5.91 Å².